The molecule has 7 nitrogen and oxygen atoms in total. The molecule has 1 atom stereocenters. The average Bonchev–Trinajstić information content (AvgIpc) is 3.10. The van der Waals surface area contributed by atoms with Crippen molar-refractivity contribution in [2.45, 2.75) is 36.0 Å². The van der Waals surface area contributed by atoms with Crippen molar-refractivity contribution in [2.75, 3.05) is 24.2 Å². The fraction of sp³-hybridized carbons (Fsp3) is 0.269. The Balaban J connectivity index is 1.90. The topological polar surface area (TPSA) is 93.1 Å². The van der Waals surface area contributed by atoms with Crippen LogP contribution < -0.4 is 9.04 Å². The number of anilines is 1. The van der Waals surface area contributed by atoms with Crippen LogP contribution in [0, 0.1) is 6.92 Å². The van der Waals surface area contributed by atoms with Crippen LogP contribution in [0.2, 0.25) is 0 Å². The molecule has 1 unspecified atom stereocenters. The lowest BCUT2D eigenvalue weighted by Gasteiger charge is -2.22. The molecule has 0 spiro atoms. The van der Waals surface area contributed by atoms with E-state index in [0.717, 1.165) is 5.56 Å². The second-order valence-electron chi connectivity index (χ2n) is 9.29. The zero-order valence-electron chi connectivity index (χ0n) is 20.3. The van der Waals surface area contributed by atoms with Crippen molar-refractivity contribution in [3.63, 3.8) is 0 Å². The summed E-state index contributed by atoms with van der Waals surface area (Å²) >= 11 is 0. The normalized spacial score (nSPS) is 16.3. The van der Waals surface area contributed by atoms with Crippen LogP contribution in [0.25, 0.3) is 0 Å². The molecule has 0 bridgehead atoms. The Hall–Kier alpha value is -3.17. The van der Waals surface area contributed by atoms with Gasteiger partial charge >= 0.3 is 0 Å². The summed E-state index contributed by atoms with van der Waals surface area (Å²) in [6.07, 6.45) is 1.42. The summed E-state index contributed by atoms with van der Waals surface area (Å²) in [5.74, 6) is -0.370. The quantitative estimate of drug-likeness (QED) is 0.490. The molecular weight excluding hydrogens is 484 g/mol. The highest BCUT2D eigenvalue weighted by Crippen LogP contribution is 2.47. The van der Waals surface area contributed by atoms with Gasteiger partial charge in [-0.2, -0.15) is 4.36 Å². The zero-order valence-corrected chi connectivity index (χ0v) is 21.9. The van der Waals surface area contributed by atoms with E-state index in [2.05, 4.69) is 4.36 Å². The van der Waals surface area contributed by atoms with Gasteiger partial charge in [-0.05, 0) is 42.8 Å². The molecule has 1 aliphatic heterocycles. The summed E-state index contributed by atoms with van der Waals surface area (Å²) in [6, 6.07) is 18.4. The van der Waals surface area contributed by atoms with Crippen molar-refractivity contribution < 1.29 is 22.2 Å². The van der Waals surface area contributed by atoms with Crippen LogP contribution in [-0.2, 0) is 25.2 Å². The van der Waals surface area contributed by atoms with Crippen molar-refractivity contribution in [1.82, 2.24) is 0 Å². The molecule has 0 fully saturated rings. The van der Waals surface area contributed by atoms with Crippen molar-refractivity contribution in [2.24, 2.45) is 4.36 Å². The SMILES string of the molecule is COc1cc(C(=O)N=S(C)(=O)c2ccccc2)c2c(c1)N(S(=O)(=O)c1ccc(C)cc1)CC2(C)C. The Morgan fingerprint density at radius 2 is 1.60 bits per heavy atom. The van der Waals surface area contributed by atoms with Crippen LogP contribution >= 0.6 is 0 Å². The van der Waals surface area contributed by atoms with Gasteiger partial charge in [-0.15, -0.1) is 0 Å². The molecule has 35 heavy (non-hydrogen) atoms. The monoisotopic (exact) mass is 512 g/mol. The fourth-order valence-electron chi connectivity index (χ4n) is 4.30. The number of methoxy groups -OCH3 is 1. The van der Waals surface area contributed by atoms with Gasteiger partial charge in [0.15, 0.2) is 0 Å². The van der Waals surface area contributed by atoms with Crippen LogP contribution in [0.5, 0.6) is 5.75 Å². The van der Waals surface area contributed by atoms with E-state index < -0.39 is 31.1 Å². The second kappa shape index (κ2) is 8.80. The molecule has 3 aromatic carbocycles. The summed E-state index contributed by atoms with van der Waals surface area (Å²) in [5, 5.41) is 0. The molecule has 184 valence electrons. The summed E-state index contributed by atoms with van der Waals surface area (Å²) in [5.41, 5.74) is 1.31. The van der Waals surface area contributed by atoms with E-state index in [-0.39, 0.29) is 17.0 Å². The summed E-state index contributed by atoms with van der Waals surface area (Å²) in [4.78, 5) is 14.0. The molecule has 0 aromatic heterocycles. The number of benzene rings is 3. The van der Waals surface area contributed by atoms with E-state index in [1.807, 2.05) is 20.8 Å². The molecule has 9 heteroatoms. The number of sulfonamides is 1. The highest BCUT2D eigenvalue weighted by molar-refractivity contribution is 7.93. The van der Waals surface area contributed by atoms with Gasteiger partial charge in [0, 0.05) is 29.2 Å². The Labute approximate surface area is 207 Å². The summed E-state index contributed by atoms with van der Waals surface area (Å²) in [6.45, 7) is 5.77. The Morgan fingerprint density at radius 1 is 0.971 bits per heavy atom. The lowest BCUT2D eigenvalue weighted by molar-refractivity contribution is 0.100. The van der Waals surface area contributed by atoms with E-state index in [4.69, 9.17) is 4.74 Å². The van der Waals surface area contributed by atoms with E-state index in [0.29, 0.717) is 21.9 Å². The van der Waals surface area contributed by atoms with Gasteiger partial charge < -0.3 is 4.74 Å². The molecule has 3 aromatic rings. The van der Waals surface area contributed by atoms with Crippen molar-refractivity contribution >= 4 is 31.3 Å². The van der Waals surface area contributed by atoms with Gasteiger partial charge in [-0.3, -0.25) is 9.10 Å². The van der Waals surface area contributed by atoms with Crippen LogP contribution in [0.1, 0.15) is 35.3 Å². The van der Waals surface area contributed by atoms with Gasteiger partial charge in [-0.25, -0.2) is 12.6 Å². The largest absolute Gasteiger partial charge is 0.497 e. The van der Waals surface area contributed by atoms with Gasteiger partial charge in [0.25, 0.3) is 15.9 Å². The zero-order chi connectivity index (χ0) is 25.6. The molecule has 4 rings (SSSR count). The van der Waals surface area contributed by atoms with Crippen molar-refractivity contribution in [3.8, 4) is 5.75 Å². The first-order valence-electron chi connectivity index (χ1n) is 11.0. The maximum Gasteiger partial charge on any atom is 0.285 e. The first-order chi connectivity index (χ1) is 16.4. The lowest BCUT2D eigenvalue weighted by atomic mass is 9.83. The number of aryl methyl sites for hydroxylation is 1. The molecular formula is C26H28N2O5S2. The van der Waals surface area contributed by atoms with Crippen LogP contribution in [-0.4, -0.2) is 38.4 Å². The Bertz CT molecular complexity index is 1520. The maximum absolute atomic E-state index is 13.6. The standard InChI is InChI=1S/C26H28N2O5S2/c1-18-11-13-21(14-12-18)35(31,32)28-17-26(2,3)24-22(15-19(33-4)16-23(24)28)25(29)27-34(5,30)20-9-7-6-8-10-20/h6-16H,17H2,1-5H3. The van der Waals surface area contributed by atoms with Crippen LogP contribution in [0.3, 0.4) is 0 Å². The van der Waals surface area contributed by atoms with E-state index in [9.17, 15) is 17.4 Å². The minimum atomic E-state index is -3.91. The predicted octanol–water partition coefficient (Wildman–Crippen LogP) is 4.79. The first kappa shape index (κ1) is 24.9. The molecule has 1 heterocycles. The number of hydrogen-bond donors (Lipinski definition) is 0. The number of rotatable bonds is 5. The van der Waals surface area contributed by atoms with Gasteiger partial charge in [0.1, 0.15) is 5.75 Å². The highest BCUT2D eigenvalue weighted by atomic mass is 32.2. The third-order valence-electron chi connectivity index (χ3n) is 6.09. The number of ether oxygens (including phenoxy) is 1. The molecule has 0 N–H and O–H groups in total. The molecule has 0 aliphatic carbocycles. The fourth-order valence-corrected chi connectivity index (χ4v) is 7.12. The van der Waals surface area contributed by atoms with Crippen LogP contribution in [0.4, 0.5) is 5.69 Å². The predicted molar refractivity (Wildman–Crippen MR) is 137 cm³/mol. The number of carbonyl (C=O) groups is 1. The lowest BCUT2D eigenvalue weighted by Crippen LogP contribution is -2.34. The van der Waals surface area contributed by atoms with Crippen molar-refractivity contribution in [1.29, 1.82) is 0 Å². The van der Waals surface area contributed by atoms with Crippen LogP contribution in [0.15, 0.2) is 80.9 Å². The van der Waals surface area contributed by atoms with E-state index in [1.165, 1.54) is 23.7 Å². The van der Waals surface area contributed by atoms with Gasteiger partial charge in [0.2, 0.25) is 0 Å². The van der Waals surface area contributed by atoms with E-state index in [1.54, 1.807) is 60.7 Å². The first-order valence-corrected chi connectivity index (χ1v) is 14.4. The number of amides is 1. The van der Waals surface area contributed by atoms with Crippen molar-refractivity contribution in [3.05, 3.63) is 83.4 Å². The molecule has 1 amide bonds. The molecule has 0 radical (unpaired) electrons. The third kappa shape index (κ3) is 4.58. The Morgan fingerprint density at radius 3 is 2.20 bits per heavy atom. The number of nitrogens with zero attached hydrogens (tertiary/aromatic N) is 2. The molecule has 0 saturated carbocycles. The maximum atomic E-state index is 13.6. The number of hydrogen-bond acceptors (Lipinski definition) is 5. The summed E-state index contributed by atoms with van der Waals surface area (Å²) < 4.78 is 51.4. The highest BCUT2D eigenvalue weighted by Gasteiger charge is 2.44. The number of fused-ring (bicyclic) bond motifs is 1. The minimum Gasteiger partial charge on any atom is -0.497 e. The summed E-state index contributed by atoms with van der Waals surface area (Å²) in [7, 11) is -5.48. The Kier molecular flexibility index (Phi) is 6.27. The number of carbonyl (C=O) groups excluding carboxylic acids is 1. The smallest absolute Gasteiger partial charge is 0.285 e. The average molecular weight is 513 g/mol. The third-order valence-corrected chi connectivity index (χ3v) is 9.52. The molecule has 0 saturated heterocycles. The van der Waals surface area contributed by atoms with Gasteiger partial charge in [0.05, 0.1) is 33.0 Å². The van der Waals surface area contributed by atoms with Gasteiger partial charge in [-0.1, -0.05) is 49.7 Å². The molecule has 1 aliphatic rings. The second-order valence-corrected chi connectivity index (χ2v) is 13.4. The minimum absolute atomic E-state index is 0.131. The van der Waals surface area contributed by atoms with E-state index >= 15 is 0 Å².